The Bertz CT molecular complexity index is 331. The van der Waals surface area contributed by atoms with Crippen molar-refractivity contribution >= 4 is 0 Å². The van der Waals surface area contributed by atoms with E-state index in [1.807, 2.05) is 17.1 Å². The molecule has 0 fully saturated rings. The maximum absolute atomic E-state index is 9.55. The van der Waals surface area contributed by atoms with Gasteiger partial charge in [-0.05, 0) is 34.6 Å². The van der Waals surface area contributed by atoms with Crippen LogP contribution in [0, 0.1) is 0 Å². The van der Waals surface area contributed by atoms with E-state index in [9.17, 15) is 5.11 Å². The second-order valence-electron chi connectivity index (χ2n) is 5.88. The summed E-state index contributed by atoms with van der Waals surface area (Å²) in [4.78, 5) is 0. The van der Waals surface area contributed by atoms with Gasteiger partial charge in [-0.15, -0.1) is 0 Å². The Kier molecular flexibility index (Phi) is 3.76. The van der Waals surface area contributed by atoms with Crippen molar-refractivity contribution in [1.29, 1.82) is 0 Å². The smallest absolute Gasteiger partial charge is 0.0715 e. The Morgan fingerprint density at radius 1 is 1.31 bits per heavy atom. The maximum Gasteiger partial charge on any atom is 0.0715 e. The predicted octanol–water partition coefficient (Wildman–Crippen LogP) is 1.50. The highest BCUT2D eigenvalue weighted by Gasteiger charge is 2.14. The summed E-state index contributed by atoms with van der Waals surface area (Å²) < 4.78 is 1.95. The lowest BCUT2D eigenvalue weighted by Crippen LogP contribution is -2.34. The van der Waals surface area contributed by atoms with Crippen LogP contribution in [0.5, 0.6) is 0 Å². The van der Waals surface area contributed by atoms with Gasteiger partial charge in [-0.25, -0.2) is 0 Å². The minimum absolute atomic E-state index is 0.0223. The maximum atomic E-state index is 9.55. The molecule has 1 heterocycles. The van der Waals surface area contributed by atoms with E-state index in [0.717, 1.165) is 12.1 Å². The number of hydrogen-bond donors (Lipinski definition) is 2. The third kappa shape index (κ3) is 4.33. The van der Waals surface area contributed by atoms with E-state index in [4.69, 9.17) is 0 Å². The zero-order chi connectivity index (χ0) is 12.4. The minimum Gasteiger partial charge on any atom is -0.389 e. The normalized spacial score (nSPS) is 13.1. The van der Waals surface area contributed by atoms with Crippen molar-refractivity contribution in [3.63, 3.8) is 0 Å². The number of rotatable bonds is 4. The molecule has 2 N–H and O–H groups in total. The van der Waals surface area contributed by atoms with Gasteiger partial charge in [0.25, 0.3) is 0 Å². The second kappa shape index (κ2) is 4.55. The molecule has 0 atom stereocenters. The molecule has 4 heteroatoms. The fraction of sp³-hybridized carbons (Fsp3) is 0.750. The van der Waals surface area contributed by atoms with Crippen LogP contribution in [-0.2, 0) is 12.1 Å². The van der Waals surface area contributed by atoms with Crippen LogP contribution in [0.2, 0.25) is 0 Å². The van der Waals surface area contributed by atoms with Crippen LogP contribution >= 0.6 is 0 Å². The Morgan fingerprint density at radius 2 is 1.94 bits per heavy atom. The van der Waals surface area contributed by atoms with Gasteiger partial charge in [-0.2, -0.15) is 5.10 Å². The van der Waals surface area contributed by atoms with Gasteiger partial charge < -0.3 is 10.4 Å². The molecule has 4 nitrogen and oxygen atoms in total. The first-order valence-electron chi connectivity index (χ1n) is 5.66. The van der Waals surface area contributed by atoms with Crippen LogP contribution in [-0.4, -0.2) is 27.0 Å². The molecular weight excluding hydrogens is 202 g/mol. The van der Waals surface area contributed by atoms with E-state index in [1.165, 1.54) is 0 Å². The average Bonchev–Trinajstić information content (AvgIpc) is 2.49. The highest BCUT2D eigenvalue weighted by molar-refractivity contribution is 5.04. The van der Waals surface area contributed by atoms with E-state index >= 15 is 0 Å². The van der Waals surface area contributed by atoms with Crippen LogP contribution in [0.4, 0.5) is 0 Å². The van der Waals surface area contributed by atoms with Crippen molar-refractivity contribution in [1.82, 2.24) is 15.1 Å². The van der Waals surface area contributed by atoms with E-state index in [1.54, 1.807) is 13.8 Å². The molecule has 0 amide bonds. The number of nitrogens with zero attached hydrogens (tertiary/aromatic N) is 2. The molecule has 0 saturated carbocycles. The number of aliphatic hydroxyl groups is 1. The summed E-state index contributed by atoms with van der Waals surface area (Å²) in [6, 6.07) is 0. The Morgan fingerprint density at radius 3 is 2.38 bits per heavy atom. The highest BCUT2D eigenvalue weighted by atomic mass is 16.3. The summed E-state index contributed by atoms with van der Waals surface area (Å²) in [7, 11) is 0. The monoisotopic (exact) mass is 225 g/mol. The predicted molar refractivity (Wildman–Crippen MR) is 65.2 cm³/mol. The molecule has 16 heavy (non-hydrogen) atoms. The molecule has 0 bridgehead atoms. The summed E-state index contributed by atoms with van der Waals surface area (Å²) in [5.41, 5.74) is 0.494. The van der Waals surface area contributed by atoms with E-state index in [-0.39, 0.29) is 5.54 Å². The summed E-state index contributed by atoms with van der Waals surface area (Å²) in [6.07, 6.45) is 3.90. The molecular formula is C12H23N3O. The largest absolute Gasteiger partial charge is 0.389 e. The van der Waals surface area contributed by atoms with Gasteiger partial charge in [-0.3, -0.25) is 4.68 Å². The zero-order valence-electron chi connectivity index (χ0n) is 10.9. The van der Waals surface area contributed by atoms with Gasteiger partial charge >= 0.3 is 0 Å². The lowest BCUT2D eigenvalue weighted by Gasteiger charge is -2.19. The van der Waals surface area contributed by atoms with Crippen LogP contribution < -0.4 is 5.32 Å². The van der Waals surface area contributed by atoms with Crippen LogP contribution in [0.25, 0.3) is 0 Å². The third-order valence-corrected chi connectivity index (χ3v) is 2.21. The van der Waals surface area contributed by atoms with Crippen molar-refractivity contribution in [2.75, 3.05) is 6.54 Å². The molecule has 0 aliphatic rings. The first kappa shape index (κ1) is 13.2. The van der Waals surface area contributed by atoms with E-state index in [0.29, 0.717) is 6.54 Å². The van der Waals surface area contributed by atoms with Crippen molar-refractivity contribution in [2.45, 2.75) is 52.3 Å². The standard InChI is InChI=1S/C12H23N3O/c1-11(2,3)15-8-10(7-14-15)6-13-9-12(4,5)16/h7-8,13,16H,6,9H2,1-5H3. The van der Waals surface area contributed by atoms with Gasteiger partial charge in [0.1, 0.15) is 0 Å². The molecule has 0 unspecified atom stereocenters. The number of hydrogen-bond acceptors (Lipinski definition) is 3. The summed E-state index contributed by atoms with van der Waals surface area (Å²) in [5.74, 6) is 0. The third-order valence-electron chi connectivity index (χ3n) is 2.21. The molecule has 1 rings (SSSR count). The SMILES string of the molecule is CC(C)(O)CNCc1cnn(C(C)(C)C)c1. The van der Waals surface area contributed by atoms with E-state index < -0.39 is 5.60 Å². The Balaban J connectivity index is 2.48. The number of nitrogens with one attached hydrogen (secondary N) is 1. The van der Waals surface area contributed by atoms with Gasteiger partial charge in [0.15, 0.2) is 0 Å². The molecule has 0 radical (unpaired) electrons. The minimum atomic E-state index is -0.667. The molecule has 0 aliphatic carbocycles. The lowest BCUT2D eigenvalue weighted by molar-refractivity contribution is 0.0795. The van der Waals surface area contributed by atoms with Gasteiger partial charge in [0, 0.05) is 24.8 Å². The average molecular weight is 225 g/mol. The van der Waals surface area contributed by atoms with Crippen LogP contribution in [0.1, 0.15) is 40.2 Å². The van der Waals surface area contributed by atoms with Crippen molar-refractivity contribution in [2.24, 2.45) is 0 Å². The lowest BCUT2D eigenvalue weighted by atomic mass is 10.1. The van der Waals surface area contributed by atoms with Crippen molar-refractivity contribution in [3.05, 3.63) is 18.0 Å². The second-order valence-corrected chi connectivity index (χ2v) is 5.88. The fourth-order valence-corrected chi connectivity index (χ4v) is 1.33. The first-order valence-corrected chi connectivity index (χ1v) is 5.66. The molecule has 0 spiro atoms. The summed E-state index contributed by atoms with van der Waals surface area (Å²) >= 11 is 0. The van der Waals surface area contributed by atoms with Gasteiger partial charge in [0.05, 0.1) is 17.3 Å². The van der Waals surface area contributed by atoms with Crippen molar-refractivity contribution in [3.8, 4) is 0 Å². The molecule has 0 aromatic carbocycles. The van der Waals surface area contributed by atoms with Crippen LogP contribution in [0.3, 0.4) is 0 Å². The summed E-state index contributed by atoms with van der Waals surface area (Å²) in [5, 5.41) is 17.1. The molecule has 1 aromatic rings. The molecule has 92 valence electrons. The first-order chi connectivity index (χ1) is 7.18. The highest BCUT2D eigenvalue weighted by Crippen LogP contribution is 2.13. The van der Waals surface area contributed by atoms with Crippen molar-refractivity contribution < 1.29 is 5.11 Å². The Hall–Kier alpha value is -0.870. The fourth-order valence-electron chi connectivity index (χ4n) is 1.33. The van der Waals surface area contributed by atoms with E-state index in [2.05, 4.69) is 31.2 Å². The molecule has 0 saturated heterocycles. The molecule has 0 aliphatic heterocycles. The quantitative estimate of drug-likeness (QED) is 0.816. The Labute approximate surface area is 97.7 Å². The molecule has 1 aromatic heterocycles. The zero-order valence-corrected chi connectivity index (χ0v) is 10.9. The number of aromatic nitrogens is 2. The summed E-state index contributed by atoms with van der Waals surface area (Å²) in [6.45, 7) is 11.3. The van der Waals surface area contributed by atoms with Crippen LogP contribution in [0.15, 0.2) is 12.4 Å². The topological polar surface area (TPSA) is 50.1 Å². The van der Waals surface area contributed by atoms with Gasteiger partial charge in [-0.1, -0.05) is 0 Å². The van der Waals surface area contributed by atoms with Gasteiger partial charge in [0.2, 0.25) is 0 Å².